The third kappa shape index (κ3) is 4.55. The molecule has 0 aliphatic rings. The molecule has 0 heterocycles. The highest BCUT2D eigenvalue weighted by Crippen LogP contribution is 2.26. The number of likely N-dealkylation sites (N-methyl/N-ethyl adjacent to an activating group) is 1. The van der Waals surface area contributed by atoms with E-state index in [9.17, 15) is 0 Å². The highest BCUT2D eigenvalue weighted by molar-refractivity contribution is 6.54. The van der Waals surface area contributed by atoms with Crippen molar-refractivity contribution in [2.75, 3.05) is 27.2 Å². The second-order valence-corrected chi connectivity index (χ2v) is 5.48. The van der Waals surface area contributed by atoms with E-state index in [1.165, 1.54) is 0 Å². The van der Waals surface area contributed by atoms with Crippen molar-refractivity contribution in [1.29, 1.82) is 0 Å². The first-order chi connectivity index (χ1) is 7.96. The SMILES string of the molecule is C=CC[N+](C)(C)C/C(Cl)=C(\Cl)c1ccccc1. The fraction of sp³-hybridized carbons (Fsp3) is 0.286. The van der Waals surface area contributed by atoms with Gasteiger partial charge in [0.05, 0.1) is 30.7 Å². The molecule has 0 N–H and O–H groups in total. The van der Waals surface area contributed by atoms with Crippen molar-refractivity contribution >= 4 is 28.2 Å². The predicted octanol–water partition coefficient (Wildman–Crippen LogP) is 4.10. The zero-order valence-electron chi connectivity index (χ0n) is 10.3. The van der Waals surface area contributed by atoms with E-state index < -0.39 is 0 Å². The molecule has 0 fully saturated rings. The van der Waals surface area contributed by atoms with E-state index >= 15 is 0 Å². The molecule has 0 amide bonds. The lowest BCUT2D eigenvalue weighted by Gasteiger charge is -2.28. The number of quaternary nitrogens is 1. The average Bonchev–Trinajstić information content (AvgIpc) is 2.28. The monoisotopic (exact) mass is 270 g/mol. The molecule has 1 aromatic carbocycles. The van der Waals surface area contributed by atoms with Crippen molar-refractivity contribution in [1.82, 2.24) is 0 Å². The Bertz CT molecular complexity index is 407. The van der Waals surface area contributed by atoms with Crippen LogP contribution in [0.3, 0.4) is 0 Å². The van der Waals surface area contributed by atoms with Crippen molar-refractivity contribution < 1.29 is 4.48 Å². The maximum atomic E-state index is 6.28. The van der Waals surface area contributed by atoms with Gasteiger partial charge in [0.1, 0.15) is 6.54 Å². The molecule has 92 valence electrons. The number of rotatable bonds is 5. The van der Waals surface area contributed by atoms with Gasteiger partial charge < -0.3 is 4.48 Å². The van der Waals surface area contributed by atoms with E-state index in [2.05, 4.69) is 20.7 Å². The molecular weight excluding hydrogens is 253 g/mol. The minimum absolute atomic E-state index is 0.627. The van der Waals surface area contributed by atoms with E-state index in [4.69, 9.17) is 23.2 Å². The predicted molar refractivity (Wildman–Crippen MR) is 77.1 cm³/mol. The summed E-state index contributed by atoms with van der Waals surface area (Å²) in [6.45, 7) is 5.30. The van der Waals surface area contributed by atoms with Crippen LogP contribution in [0.1, 0.15) is 5.56 Å². The Balaban J connectivity index is 2.87. The second kappa shape index (κ2) is 6.25. The van der Waals surface area contributed by atoms with Gasteiger partial charge >= 0.3 is 0 Å². The Hall–Kier alpha value is -0.760. The minimum atomic E-state index is 0.627. The van der Waals surface area contributed by atoms with Gasteiger partial charge in [0.2, 0.25) is 0 Å². The van der Waals surface area contributed by atoms with Gasteiger partial charge in [-0.25, -0.2) is 0 Å². The quantitative estimate of drug-likeness (QED) is 0.559. The number of hydrogen-bond donors (Lipinski definition) is 0. The molecule has 0 saturated carbocycles. The van der Waals surface area contributed by atoms with Gasteiger partial charge in [0.25, 0.3) is 0 Å². The molecule has 0 aliphatic heterocycles. The summed E-state index contributed by atoms with van der Waals surface area (Å²) in [5, 5.41) is 1.31. The fourth-order valence-electron chi connectivity index (χ4n) is 1.60. The van der Waals surface area contributed by atoms with Crippen LogP contribution in [0, 0.1) is 0 Å². The van der Waals surface area contributed by atoms with Crippen LogP contribution in [0.25, 0.3) is 5.03 Å². The topological polar surface area (TPSA) is 0 Å². The molecular formula is C14H18Cl2N+. The van der Waals surface area contributed by atoms with Crippen molar-refractivity contribution in [3.8, 4) is 0 Å². The molecule has 1 rings (SSSR count). The lowest BCUT2D eigenvalue weighted by Crippen LogP contribution is -2.40. The van der Waals surface area contributed by atoms with Gasteiger partial charge in [-0.1, -0.05) is 60.1 Å². The van der Waals surface area contributed by atoms with Crippen LogP contribution in [0.5, 0.6) is 0 Å². The highest BCUT2D eigenvalue weighted by Gasteiger charge is 2.17. The molecule has 1 nitrogen and oxygen atoms in total. The highest BCUT2D eigenvalue weighted by atomic mass is 35.5. The van der Waals surface area contributed by atoms with Crippen LogP contribution in [0.2, 0.25) is 0 Å². The lowest BCUT2D eigenvalue weighted by molar-refractivity contribution is -0.879. The zero-order valence-corrected chi connectivity index (χ0v) is 11.8. The Kier molecular flexibility index (Phi) is 5.26. The molecule has 0 radical (unpaired) electrons. The Morgan fingerprint density at radius 3 is 2.35 bits per heavy atom. The number of benzene rings is 1. The zero-order chi connectivity index (χ0) is 12.9. The first-order valence-corrected chi connectivity index (χ1v) is 6.24. The molecule has 0 unspecified atom stereocenters. The van der Waals surface area contributed by atoms with E-state index in [1.807, 2.05) is 36.4 Å². The molecule has 0 atom stereocenters. The number of nitrogens with zero attached hydrogens (tertiary/aromatic N) is 1. The summed E-state index contributed by atoms with van der Waals surface area (Å²) >= 11 is 12.6. The summed E-state index contributed by atoms with van der Waals surface area (Å²) in [7, 11) is 4.19. The van der Waals surface area contributed by atoms with Crippen molar-refractivity contribution in [2.24, 2.45) is 0 Å². The van der Waals surface area contributed by atoms with E-state index in [1.54, 1.807) is 0 Å². The van der Waals surface area contributed by atoms with E-state index in [0.29, 0.717) is 16.6 Å². The molecule has 3 heteroatoms. The Morgan fingerprint density at radius 1 is 1.24 bits per heavy atom. The van der Waals surface area contributed by atoms with E-state index in [0.717, 1.165) is 16.6 Å². The van der Waals surface area contributed by atoms with E-state index in [-0.39, 0.29) is 0 Å². The molecule has 1 aromatic rings. The maximum Gasteiger partial charge on any atom is 0.116 e. The summed E-state index contributed by atoms with van der Waals surface area (Å²) in [5.74, 6) is 0. The van der Waals surface area contributed by atoms with Gasteiger partial charge in [-0.15, -0.1) is 0 Å². The molecule has 0 bridgehead atoms. The van der Waals surface area contributed by atoms with Crippen molar-refractivity contribution in [3.05, 3.63) is 53.6 Å². The number of hydrogen-bond acceptors (Lipinski definition) is 0. The van der Waals surface area contributed by atoms with Crippen molar-refractivity contribution in [2.45, 2.75) is 0 Å². The first kappa shape index (κ1) is 14.3. The minimum Gasteiger partial charge on any atom is -0.321 e. The third-order valence-corrected chi connectivity index (χ3v) is 3.31. The maximum absolute atomic E-state index is 6.28. The summed E-state index contributed by atoms with van der Waals surface area (Å²) in [6, 6.07) is 9.77. The average molecular weight is 271 g/mol. The van der Waals surface area contributed by atoms with Crippen LogP contribution < -0.4 is 0 Å². The van der Waals surface area contributed by atoms with Crippen LogP contribution in [0.15, 0.2) is 48.0 Å². The fourth-order valence-corrected chi connectivity index (χ4v) is 2.22. The standard InChI is InChI=1S/C14H18Cl2N/c1-4-10-17(2,3)11-13(15)14(16)12-8-6-5-7-9-12/h4-9H,1,10-11H2,2-3H3/q+1/b14-13+. The summed E-state index contributed by atoms with van der Waals surface area (Å²) < 4.78 is 0.741. The van der Waals surface area contributed by atoms with Crippen molar-refractivity contribution in [3.63, 3.8) is 0 Å². The van der Waals surface area contributed by atoms with Gasteiger partial charge in [0.15, 0.2) is 0 Å². The number of halogens is 2. The Morgan fingerprint density at radius 2 is 1.82 bits per heavy atom. The molecule has 17 heavy (non-hydrogen) atoms. The molecule has 0 saturated heterocycles. The van der Waals surface area contributed by atoms with Gasteiger partial charge in [-0.2, -0.15) is 0 Å². The summed E-state index contributed by atoms with van der Waals surface area (Å²) in [6.07, 6.45) is 1.89. The molecule has 0 spiro atoms. The summed E-state index contributed by atoms with van der Waals surface area (Å²) in [4.78, 5) is 0. The van der Waals surface area contributed by atoms with Gasteiger partial charge in [-0.05, 0) is 11.6 Å². The molecule has 0 aliphatic carbocycles. The normalized spacial score (nSPS) is 13.2. The second-order valence-electron chi connectivity index (χ2n) is 4.65. The van der Waals surface area contributed by atoms with Crippen LogP contribution in [0.4, 0.5) is 0 Å². The third-order valence-electron chi connectivity index (χ3n) is 2.46. The van der Waals surface area contributed by atoms with Crippen LogP contribution in [-0.4, -0.2) is 31.7 Å². The first-order valence-electron chi connectivity index (χ1n) is 5.49. The molecule has 0 aromatic heterocycles. The lowest BCUT2D eigenvalue weighted by atomic mass is 10.2. The smallest absolute Gasteiger partial charge is 0.116 e. The largest absolute Gasteiger partial charge is 0.321 e. The van der Waals surface area contributed by atoms with Gasteiger partial charge in [-0.3, -0.25) is 0 Å². The van der Waals surface area contributed by atoms with Crippen LogP contribution in [-0.2, 0) is 0 Å². The Labute approximate surface area is 114 Å². The van der Waals surface area contributed by atoms with Gasteiger partial charge in [0, 0.05) is 0 Å². The van der Waals surface area contributed by atoms with Crippen LogP contribution >= 0.6 is 23.2 Å². The summed E-state index contributed by atoms with van der Waals surface area (Å²) in [5.41, 5.74) is 0.956.